The summed E-state index contributed by atoms with van der Waals surface area (Å²) in [6.45, 7) is 8.62. The monoisotopic (exact) mass is 290 g/mol. The Balaban J connectivity index is 2.57. The molecule has 1 aromatic rings. The first kappa shape index (κ1) is 17.2. The topological polar surface area (TPSA) is 49.4 Å². The number of nitrogens with one attached hydrogen (secondary N) is 1. The van der Waals surface area contributed by atoms with Crippen molar-refractivity contribution < 1.29 is 9.59 Å². The van der Waals surface area contributed by atoms with Gasteiger partial charge < -0.3 is 10.2 Å². The van der Waals surface area contributed by atoms with E-state index in [1.54, 1.807) is 24.9 Å². The van der Waals surface area contributed by atoms with Gasteiger partial charge in [-0.2, -0.15) is 0 Å². The fourth-order valence-electron chi connectivity index (χ4n) is 2.02. The molecule has 2 amide bonds. The van der Waals surface area contributed by atoms with Crippen molar-refractivity contribution in [1.82, 2.24) is 10.2 Å². The van der Waals surface area contributed by atoms with E-state index in [0.29, 0.717) is 18.0 Å². The molecule has 0 aromatic heterocycles. The van der Waals surface area contributed by atoms with Gasteiger partial charge in [0.2, 0.25) is 5.91 Å². The van der Waals surface area contributed by atoms with E-state index in [1.165, 1.54) is 0 Å². The van der Waals surface area contributed by atoms with E-state index >= 15 is 0 Å². The Morgan fingerprint density at radius 1 is 1.24 bits per heavy atom. The molecule has 0 saturated carbocycles. The molecule has 0 aliphatic carbocycles. The number of amides is 2. The molecule has 1 unspecified atom stereocenters. The van der Waals surface area contributed by atoms with Crippen LogP contribution in [0, 0.1) is 12.8 Å². The van der Waals surface area contributed by atoms with Gasteiger partial charge in [0.15, 0.2) is 0 Å². The summed E-state index contributed by atoms with van der Waals surface area (Å²) < 4.78 is 0. The second kappa shape index (κ2) is 7.81. The zero-order chi connectivity index (χ0) is 16.0. The van der Waals surface area contributed by atoms with Crippen molar-refractivity contribution in [3.05, 3.63) is 35.4 Å². The fraction of sp³-hybridized carbons (Fsp3) is 0.529. The predicted molar refractivity (Wildman–Crippen MR) is 85.2 cm³/mol. The van der Waals surface area contributed by atoms with Gasteiger partial charge in [-0.15, -0.1) is 0 Å². The second-order valence-electron chi connectivity index (χ2n) is 6.01. The summed E-state index contributed by atoms with van der Waals surface area (Å²) in [5.74, 6) is 0.283. The smallest absolute Gasteiger partial charge is 0.251 e. The average Bonchev–Trinajstić information content (AvgIpc) is 2.43. The SMILES string of the molecule is Cc1cccc(C(=O)NC(C)C(=O)N(C)CCC(C)C)c1. The third-order valence-electron chi connectivity index (χ3n) is 3.42. The van der Waals surface area contributed by atoms with Crippen molar-refractivity contribution in [3.63, 3.8) is 0 Å². The molecule has 0 heterocycles. The van der Waals surface area contributed by atoms with Gasteiger partial charge in [0.05, 0.1) is 0 Å². The summed E-state index contributed by atoms with van der Waals surface area (Å²) in [4.78, 5) is 26.0. The van der Waals surface area contributed by atoms with E-state index in [0.717, 1.165) is 12.0 Å². The van der Waals surface area contributed by atoms with E-state index in [1.807, 2.05) is 25.1 Å². The van der Waals surface area contributed by atoms with Crippen LogP contribution in [0.3, 0.4) is 0 Å². The normalized spacial score (nSPS) is 12.1. The van der Waals surface area contributed by atoms with Gasteiger partial charge >= 0.3 is 0 Å². The molecule has 0 spiro atoms. The predicted octanol–water partition coefficient (Wildman–Crippen LogP) is 2.62. The Morgan fingerprint density at radius 2 is 1.90 bits per heavy atom. The van der Waals surface area contributed by atoms with E-state index in [-0.39, 0.29) is 11.8 Å². The van der Waals surface area contributed by atoms with Crippen LogP contribution in [0.25, 0.3) is 0 Å². The zero-order valence-electron chi connectivity index (χ0n) is 13.6. The van der Waals surface area contributed by atoms with Crippen molar-refractivity contribution in [2.24, 2.45) is 5.92 Å². The average molecular weight is 290 g/mol. The zero-order valence-corrected chi connectivity index (χ0v) is 13.6. The number of aryl methyl sites for hydroxylation is 1. The molecule has 0 aliphatic heterocycles. The van der Waals surface area contributed by atoms with Gasteiger partial charge in [0, 0.05) is 19.2 Å². The van der Waals surface area contributed by atoms with E-state index in [4.69, 9.17) is 0 Å². The first-order valence-corrected chi connectivity index (χ1v) is 7.43. The van der Waals surface area contributed by atoms with Crippen molar-refractivity contribution in [3.8, 4) is 0 Å². The van der Waals surface area contributed by atoms with Crippen molar-refractivity contribution in [1.29, 1.82) is 0 Å². The van der Waals surface area contributed by atoms with E-state index in [9.17, 15) is 9.59 Å². The van der Waals surface area contributed by atoms with Crippen LogP contribution >= 0.6 is 0 Å². The molecule has 0 aliphatic rings. The fourth-order valence-corrected chi connectivity index (χ4v) is 2.02. The van der Waals surface area contributed by atoms with Crippen molar-refractivity contribution in [2.75, 3.05) is 13.6 Å². The molecular formula is C17H26N2O2. The molecule has 0 bridgehead atoms. The summed E-state index contributed by atoms with van der Waals surface area (Å²) >= 11 is 0. The van der Waals surface area contributed by atoms with Gasteiger partial charge in [-0.25, -0.2) is 0 Å². The summed E-state index contributed by atoms with van der Waals surface area (Å²) in [6.07, 6.45) is 0.959. The molecule has 4 heteroatoms. The Morgan fingerprint density at radius 3 is 2.48 bits per heavy atom. The van der Waals surface area contributed by atoms with Crippen LogP contribution in [0.15, 0.2) is 24.3 Å². The number of carbonyl (C=O) groups is 2. The lowest BCUT2D eigenvalue weighted by Gasteiger charge is -2.23. The van der Waals surface area contributed by atoms with Crippen molar-refractivity contribution >= 4 is 11.8 Å². The standard InChI is InChI=1S/C17H26N2O2/c1-12(2)9-10-19(5)17(21)14(4)18-16(20)15-8-6-7-13(3)11-15/h6-8,11-12,14H,9-10H2,1-5H3,(H,18,20). The van der Waals surface area contributed by atoms with Gasteiger partial charge in [0.1, 0.15) is 6.04 Å². The second-order valence-corrected chi connectivity index (χ2v) is 6.01. The largest absolute Gasteiger partial charge is 0.344 e. The van der Waals surface area contributed by atoms with Crippen LogP contribution in [0.2, 0.25) is 0 Å². The highest BCUT2D eigenvalue weighted by Crippen LogP contribution is 2.05. The third kappa shape index (κ3) is 5.58. The summed E-state index contributed by atoms with van der Waals surface area (Å²) in [6, 6.07) is 6.82. The lowest BCUT2D eigenvalue weighted by molar-refractivity contribution is -0.131. The highest BCUT2D eigenvalue weighted by Gasteiger charge is 2.20. The lowest BCUT2D eigenvalue weighted by Crippen LogP contribution is -2.45. The number of likely N-dealkylation sites (N-methyl/N-ethyl adjacent to an activating group) is 1. The van der Waals surface area contributed by atoms with Crippen LogP contribution < -0.4 is 5.32 Å². The highest BCUT2D eigenvalue weighted by atomic mass is 16.2. The van der Waals surface area contributed by atoms with Gasteiger partial charge in [-0.1, -0.05) is 31.5 Å². The number of rotatable bonds is 6. The number of hydrogen-bond donors (Lipinski definition) is 1. The minimum absolute atomic E-state index is 0.0587. The molecular weight excluding hydrogens is 264 g/mol. The summed E-state index contributed by atoms with van der Waals surface area (Å²) in [5, 5.41) is 2.76. The maximum atomic E-state index is 12.2. The first-order valence-electron chi connectivity index (χ1n) is 7.43. The first-order chi connectivity index (χ1) is 9.81. The Labute approximate surface area is 127 Å². The molecule has 0 fully saturated rings. The van der Waals surface area contributed by atoms with E-state index in [2.05, 4.69) is 19.2 Å². The van der Waals surface area contributed by atoms with Crippen molar-refractivity contribution in [2.45, 2.75) is 40.2 Å². The number of hydrogen-bond acceptors (Lipinski definition) is 2. The number of benzene rings is 1. The third-order valence-corrected chi connectivity index (χ3v) is 3.42. The highest BCUT2D eigenvalue weighted by molar-refractivity contribution is 5.97. The molecule has 0 radical (unpaired) electrons. The molecule has 21 heavy (non-hydrogen) atoms. The molecule has 1 rings (SSSR count). The Hall–Kier alpha value is -1.84. The van der Waals surface area contributed by atoms with Crippen LogP contribution in [0.5, 0.6) is 0 Å². The summed E-state index contributed by atoms with van der Waals surface area (Å²) in [7, 11) is 1.78. The Bertz CT molecular complexity index is 497. The van der Waals surface area contributed by atoms with Gasteiger partial charge in [-0.05, 0) is 38.3 Å². The molecule has 0 saturated heterocycles. The molecule has 1 N–H and O–H groups in total. The molecule has 4 nitrogen and oxygen atoms in total. The maximum absolute atomic E-state index is 12.2. The lowest BCUT2D eigenvalue weighted by atomic mass is 10.1. The molecule has 1 atom stereocenters. The molecule has 1 aromatic carbocycles. The van der Waals surface area contributed by atoms with Gasteiger partial charge in [0.25, 0.3) is 5.91 Å². The minimum Gasteiger partial charge on any atom is -0.344 e. The number of nitrogens with zero attached hydrogens (tertiary/aromatic N) is 1. The van der Waals surface area contributed by atoms with Crippen LogP contribution in [-0.2, 0) is 4.79 Å². The summed E-state index contributed by atoms with van der Waals surface area (Å²) in [5.41, 5.74) is 1.61. The van der Waals surface area contributed by atoms with Crippen LogP contribution in [0.4, 0.5) is 0 Å². The number of carbonyl (C=O) groups excluding carboxylic acids is 2. The maximum Gasteiger partial charge on any atom is 0.251 e. The van der Waals surface area contributed by atoms with Crippen LogP contribution in [0.1, 0.15) is 43.1 Å². The van der Waals surface area contributed by atoms with Gasteiger partial charge in [-0.3, -0.25) is 9.59 Å². The van der Waals surface area contributed by atoms with Crippen LogP contribution in [-0.4, -0.2) is 36.3 Å². The quantitative estimate of drug-likeness (QED) is 0.875. The van der Waals surface area contributed by atoms with E-state index < -0.39 is 6.04 Å². The minimum atomic E-state index is -0.518. The Kier molecular flexibility index (Phi) is 6.40. The molecule has 116 valence electrons.